The van der Waals surface area contributed by atoms with E-state index in [9.17, 15) is 13.2 Å². The van der Waals surface area contributed by atoms with Crippen molar-refractivity contribution in [3.63, 3.8) is 0 Å². The Morgan fingerprint density at radius 1 is 0.794 bits per heavy atom. The minimum atomic E-state index is -0.971. The molecule has 5 heteroatoms. The van der Waals surface area contributed by atoms with Gasteiger partial charge in [-0.1, -0.05) is 60.6 Å². The highest BCUT2D eigenvalue weighted by Crippen LogP contribution is 2.35. The number of methoxy groups -OCH3 is 1. The first kappa shape index (κ1) is 24.7. The molecule has 4 rings (SSSR count). The average molecular weight is 482 g/mol. The molecule has 0 N–H and O–H groups in total. The Balaban J connectivity index is 1.30. The molecule has 0 aromatic heterocycles. The van der Waals surface area contributed by atoms with E-state index in [-0.39, 0.29) is 14.4 Å². The van der Waals surface area contributed by atoms with Crippen LogP contribution in [0.2, 0.25) is 18.1 Å². The van der Waals surface area contributed by atoms with Gasteiger partial charge in [0.05, 0.1) is 0 Å². The lowest BCUT2D eigenvalue weighted by atomic mass is 9.92. The molecule has 0 bridgehead atoms. The van der Waals surface area contributed by atoms with Gasteiger partial charge in [-0.2, -0.15) is 0 Å². The molecule has 1 radical (unpaired) electrons. The van der Waals surface area contributed by atoms with E-state index in [0.717, 1.165) is 37.1 Å². The summed E-state index contributed by atoms with van der Waals surface area (Å²) in [6, 6.07) is 21.6. The minimum absolute atomic E-state index is 0.181. The fourth-order valence-electron chi connectivity index (χ4n) is 4.93. The summed E-state index contributed by atoms with van der Waals surface area (Å²) in [6.45, 7) is 0.893. The molecule has 1 nitrogen and oxygen atoms in total. The summed E-state index contributed by atoms with van der Waals surface area (Å²) >= 11 is 0. The van der Waals surface area contributed by atoms with E-state index < -0.39 is 17.5 Å². The van der Waals surface area contributed by atoms with E-state index in [0.29, 0.717) is 11.5 Å². The quantitative estimate of drug-likeness (QED) is 0.222. The molecule has 0 atom stereocenters. The number of halogens is 3. The predicted octanol–water partition coefficient (Wildman–Crippen LogP) is 7.96. The standard InChI is InChI=1S/C29H32F3OSi/c1-33-15-2-16-34-17-13-24(14-18-34)23-8-5-21(6-9-23)3-4-22-7-11-26(28(31)19-22)25-10-12-27(30)29(32)20-25/h5-12,19-20,24H,2-4,13-18H2,1H3. The second-order valence-electron chi connectivity index (χ2n) is 9.31. The fourth-order valence-corrected chi connectivity index (χ4v) is 7.84. The molecular weight excluding hydrogens is 449 g/mol. The lowest BCUT2D eigenvalue weighted by molar-refractivity contribution is 0.199. The van der Waals surface area contributed by atoms with E-state index in [2.05, 4.69) is 24.3 Å². The maximum absolute atomic E-state index is 14.6. The number of aryl methyl sites for hydroxylation is 2. The first-order valence-electron chi connectivity index (χ1n) is 12.2. The van der Waals surface area contributed by atoms with Gasteiger partial charge in [-0.05, 0) is 78.5 Å². The Morgan fingerprint density at radius 2 is 1.50 bits per heavy atom. The van der Waals surface area contributed by atoms with Crippen LogP contribution in [0.3, 0.4) is 0 Å². The van der Waals surface area contributed by atoms with Crippen LogP contribution in [-0.2, 0) is 17.6 Å². The Kier molecular flexibility index (Phi) is 8.62. The monoisotopic (exact) mass is 481 g/mol. The molecule has 1 saturated heterocycles. The van der Waals surface area contributed by atoms with Crippen molar-refractivity contribution in [2.75, 3.05) is 13.7 Å². The first-order valence-corrected chi connectivity index (χ1v) is 14.3. The molecule has 1 fully saturated rings. The third-order valence-electron chi connectivity index (χ3n) is 6.99. The van der Waals surface area contributed by atoms with Crippen molar-refractivity contribution in [2.45, 2.75) is 56.2 Å². The summed E-state index contributed by atoms with van der Waals surface area (Å²) in [6.07, 6.45) is 5.39. The van der Waals surface area contributed by atoms with Gasteiger partial charge < -0.3 is 4.74 Å². The van der Waals surface area contributed by atoms with E-state index in [1.54, 1.807) is 13.2 Å². The SMILES string of the molecule is COCCC[Si]1CCC(c2ccc(CCc3ccc(-c4ccc(F)c(F)c4)c(F)c3)cc2)CC1. The average Bonchev–Trinajstić information content (AvgIpc) is 2.86. The summed E-state index contributed by atoms with van der Waals surface area (Å²) in [5, 5.41) is 0. The van der Waals surface area contributed by atoms with Crippen LogP contribution in [0.5, 0.6) is 0 Å². The molecule has 34 heavy (non-hydrogen) atoms. The van der Waals surface area contributed by atoms with Gasteiger partial charge in [0.15, 0.2) is 11.6 Å². The van der Waals surface area contributed by atoms with Gasteiger partial charge in [-0.25, -0.2) is 13.2 Å². The lowest BCUT2D eigenvalue weighted by Gasteiger charge is -2.28. The highest BCUT2D eigenvalue weighted by molar-refractivity contribution is 6.59. The van der Waals surface area contributed by atoms with Crippen molar-refractivity contribution in [1.29, 1.82) is 0 Å². The number of ether oxygens (including phenoxy) is 1. The summed E-state index contributed by atoms with van der Waals surface area (Å²) < 4.78 is 46.5. The van der Waals surface area contributed by atoms with Crippen LogP contribution in [0.4, 0.5) is 13.2 Å². The predicted molar refractivity (Wildman–Crippen MR) is 134 cm³/mol. The number of rotatable bonds is 9. The molecule has 1 heterocycles. The molecule has 0 aliphatic carbocycles. The van der Waals surface area contributed by atoms with E-state index in [1.165, 1.54) is 60.7 Å². The molecule has 1 aliphatic heterocycles. The fraction of sp³-hybridized carbons (Fsp3) is 0.379. The number of benzene rings is 3. The summed E-state index contributed by atoms with van der Waals surface area (Å²) in [5.41, 5.74) is 4.20. The highest BCUT2D eigenvalue weighted by atomic mass is 28.3. The summed E-state index contributed by atoms with van der Waals surface area (Å²) in [5.74, 6) is -1.64. The maximum Gasteiger partial charge on any atom is 0.159 e. The second kappa shape index (κ2) is 11.9. The Hall–Kier alpha value is -2.37. The van der Waals surface area contributed by atoms with E-state index >= 15 is 0 Å². The van der Waals surface area contributed by atoms with Crippen LogP contribution in [0.15, 0.2) is 60.7 Å². The molecule has 0 spiro atoms. The Bertz CT molecular complexity index is 1080. The van der Waals surface area contributed by atoms with Crippen molar-refractivity contribution < 1.29 is 17.9 Å². The molecule has 1 aliphatic rings. The second-order valence-corrected chi connectivity index (χ2v) is 12.3. The molecule has 0 unspecified atom stereocenters. The van der Waals surface area contributed by atoms with Crippen molar-refractivity contribution in [2.24, 2.45) is 0 Å². The van der Waals surface area contributed by atoms with Crippen LogP contribution in [0.1, 0.15) is 41.9 Å². The normalized spacial score (nSPS) is 15.1. The van der Waals surface area contributed by atoms with Crippen LogP contribution < -0.4 is 0 Å². The van der Waals surface area contributed by atoms with Gasteiger partial charge in [0, 0.05) is 28.1 Å². The largest absolute Gasteiger partial charge is 0.385 e. The highest BCUT2D eigenvalue weighted by Gasteiger charge is 2.23. The molecule has 179 valence electrons. The minimum Gasteiger partial charge on any atom is -0.385 e. The topological polar surface area (TPSA) is 9.23 Å². The van der Waals surface area contributed by atoms with E-state index in [1.807, 2.05) is 6.07 Å². The van der Waals surface area contributed by atoms with Crippen LogP contribution in [-0.4, -0.2) is 22.5 Å². The third kappa shape index (κ3) is 6.39. The van der Waals surface area contributed by atoms with Gasteiger partial charge in [0.1, 0.15) is 5.82 Å². The first-order chi connectivity index (χ1) is 16.5. The number of hydrogen-bond donors (Lipinski definition) is 0. The summed E-state index contributed by atoms with van der Waals surface area (Å²) in [7, 11) is 1.60. The third-order valence-corrected chi connectivity index (χ3v) is 10.0. The van der Waals surface area contributed by atoms with Crippen molar-refractivity contribution in [3.05, 3.63) is 94.8 Å². The molecular formula is C29H32F3OSi. The molecule has 0 amide bonds. The zero-order valence-electron chi connectivity index (χ0n) is 19.8. The van der Waals surface area contributed by atoms with Gasteiger partial charge >= 0.3 is 0 Å². The van der Waals surface area contributed by atoms with Crippen LogP contribution in [0.25, 0.3) is 11.1 Å². The maximum atomic E-state index is 14.6. The van der Waals surface area contributed by atoms with Gasteiger partial charge in [0.25, 0.3) is 0 Å². The van der Waals surface area contributed by atoms with Crippen molar-refractivity contribution in [3.8, 4) is 11.1 Å². The van der Waals surface area contributed by atoms with Crippen LogP contribution in [0, 0.1) is 17.5 Å². The van der Waals surface area contributed by atoms with E-state index in [4.69, 9.17) is 4.74 Å². The summed E-state index contributed by atoms with van der Waals surface area (Å²) in [4.78, 5) is 0. The van der Waals surface area contributed by atoms with Crippen LogP contribution >= 0.6 is 0 Å². The zero-order chi connectivity index (χ0) is 23.9. The molecule has 0 saturated carbocycles. The van der Waals surface area contributed by atoms with Gasteiger partial charge in [-0.3, -0.25) is 0 Å². The molecule has 3 aromatic carbocycles. The van der Waals surface area contributed by atoms with Crippen molar-refractivity contribution >= 4 is 8.80 Å². The molecule has 3 aromatic rings. The Morgan fingerprint density at radius 3 is 2.18 bits per heavy atom. The number of hydrogen-bond acceptors (Lipinski definition) is 1. The van der Waals surface area contributed by atoms with Gasteiger partial charge in [-0.15, -0.1) is 0 Å². The zero-order valence-corrected chi connectivity index (χ0v) is 20.8. The lowest BCUT2D eigenvalue weighted by Crippen LogP contribution is -2.20. The smallest absolute Gasteiger partial charge is 0.159 e. The van der Waals surface area contributed by atoms with Crippen molar-refractivity contribution in [1.82, 2.24) is 0 Å². The Labute approximate surface area is 202 Å². The van der Waals surface area contributed by atoms with Gasteiger partial charge in [0.2, 0.25) is 0 Å².